The van der Waals surface area contributed by atoms with E-state index in [2.05, 4.69) is 30.2 Å². The monoisotopic (exact) mass is 540 g/mol. The van der Waals surface area contributed by atoms with Crippen molar-refractivity contribution in [3.05, 3.63) is 12.2 Å². The van der Waals surface area contributed by atoms with E-state index in [1.54, 1.807) is 0 Å². The minimum absolute atomic E-state index is 0. The van der Waals surface area contributed by atoms with Crippen LogP contribution in [0.25, 0.3) is 0 Å². The third-order valence-corrected chi connectivity index (χ3v) is 7.16. The van der Waals surface area contributed by atoms with E-state index in [4.69, 9.17) is 0 Å². The number of allylic oxidation sites excluding steroid dienone is 1. The Hall–Kier alpha value is 1.25. The summed E-state index contributed by atoms with van der Waals surface area (Å²) in [5.41, 5.74) is 0. The standard InChI is InChI=1S/C29H58O4S.K/c1-3-5-7-9-11-13-14-15-16-17-19-21-23-25-27-29(28-33-34(30,31)32)26-24-22-20-18-12-10-8-6-4-2;/h24,26,29H,3-23,25,27-28H2,1-2H3,(H,30,31,32);/q;+1/p-1/b26-24+;. The maximum atomic E-state index is 10.9. The molecule has 1 atom stereocenters. The summed E-state index contributed by atoms with van der Waals surface area (Å²) in [6, 6.07) is 0. The summed E-state index contributed by atoms with van der Waals surface area (Å²) in [7, 11) is -4.61. The van der Waals surface area contributed by atoms with Crippen LogP contribution in [-0.2, 0) is 14.6 Å². The number of hydrogen-bond acceptors (Lipinski definition) is 4. The first-order chi connectivity index (χ1) is 16.5. The molecule has 0 aliphatic rings. The molecule has 4 nitrogen and oxygen atoms in total. The van der Waals surface area contributed by atoms with Crippen LogP contribution in [0.2, 0.25) is 0 Å². The van der Waals surface area contributed by atoms with Gasteiger partial charge in [-0.05, 0) is 19.3 Å². The molecule has 0 aliphatic heterocycles. The first-order valence-electron chi connectivity index (χ1n) is 14.8. The molecule has 0 saturated carbocycles. The van der Waals surface area contributed by atoms with Gasteiger partial charge in [-0.1, -0.05) is 154 Å². The summed E-state index contributed by atoms with van der Waals surface area (Å²) in [6.07, 6.45) is 33.7. The molecule has 0 aromatic heterocycles. The quantitative estimate of drug-likeness (QED) is 0.0384. The molecule has 0 heterocycles. The first-order valence-corrected chi connectivity index (χ1v) is 16.1. The molecule has 204 valence electrons. The zero-order chi connectivity index (χ0) is 25.2. The minimum atomic E-state index is -4.61. The fourth-order valence-electron chi connectivity index (χ4n) is 4.51. The van der Waals surface area contributed by atoms with Crippen LogP contribution in [0.3, 0.4) is 0 Å². The fourth-order valence-corrected chi connectivity index (χ4v) is 4.86. The first kappa shape index (κ1) is 38.4. The van der Waals surface area contributed by atoms with Gasteiger partial charge in [-0.2, -0.15) is 0 Å². The summed E-state index contributed by atoms with van der Waals surface area (Å²) >= 11 is 0. The van der Waals surface area contributed by atoms with Crippen molar-refractivity contribution >= 4 is 10.4 Å². The van der Waals surface area contributed by atoms with Gasteiger partial charge in [0.15, 0.2) is 0 Å². The van der Waals surface area contributed by atoms with E-state index < -0.39 is 10.4 Å². The Morgan fingerprint density at radius 2 is 1.00 bits per heavy atom. The van der Waals surface area contributed by atoms with Gasteiger partial charge in [0.2, 0.25) is 10.4 Å². The van der Waals surface area contributed by atoms with E-state index in [9.17, 15) is 13.0 Å². The van der Waals surface area contributed by atoms with E-state index in [-0.39, 0.29) is 63.9 Å². The average molecular weight is 541 g/mol. The molecule has 0 spiro atoms. The summed E-state index contributed by atoms with van der Waals surface area (Å²) in [5, 5.41) is 0. The van der Waals surface area contributed by atoms with E-state index in [1.807, 2.05) is 0 Å². The van der Waals surface area contributed by atoms with Crippen molar-refractivity contribution in [2.75, 3.05) is 6.61 Å². The van der Waals surface area contributed by atoms with Gasteiger partial charge in [-0.15, -0.1) is 0 Å². The van der Waals surface area contributed by atoms with Gasteiger partial charge in [0.05, 0.1) is 6.61 Å². The number of hydrogen-bond donors (Lipinski definition) is 0. The second-order valence-corrected chi connectivity index (χ2v) is 11.2. The van der Waals surface area contributed by atoms with Crippen LogP contribution in [-0.4, -0.2) is 19.6 Å². The number of rotatable bonds is 27. The second-order valence-electron chi connectivity index (χ2n) is 10.2. The Morgan fingerprint density at radius 1 is 0.629 bits per heavy atom. The molecular formula is C29H57KO4S. The molecule has 0 saturated heterocycles. The molecular weight excluding hydrogens is 483 g/mol. The van der Waals surface area contributed by atoms with Gasteiger partial charge in [0, 0.05) is 5.92 Å². The minimum Gasteiger partial charge on any atom is -0.726 e. The Labute approximate surface area is 262 Å². The van der Waals surface area contributed by atoms with E-state index >= 15 is 0 Å². The maximum Gasteiger partial charge on any atom is 1.00 e. The van der Waals surface area contributed by atoms with Crippen LogP contribution in [0, 0.1) is 5.92 Å². The van der Waals surface area contributed by atoms with E-state index in [0.29, 0.717) is 0 Å². The summed E-state index contributed by atoms with van der Waals surface area (Å²) in [5.74, 6) is 0.0191. The molecule has 0 rings (SSSR count). The second kappa shape index (κ2) is 29.8. The van der Waals surface area contributed by atoms with Gasteiger partial charge in [-0.25, -0.2) is 8.42 Å². The van der Waals surface area contributed by atoms with Gasteiger partial charge >= 0.3 is 51.4 Å². The average Bonchev–Trinajstić information content (AvgIpc) is 2.80. The molecule has 6 heteroatoms. The molecule has 35 heavy (non-hydrogen) atoms. The Kier molecular flexibility index (Phi) is 32.7. The largest absolute Gasteiger partial charge is 1.00 e. The van der Waals surface area contributed by atoms with Gasteiger partial charge in [-0.3, -0.25) is 4.18 Å². The van der Waals surface area contributed by atoms with Crippen molar-refractivity contribution < 1.29 is 68.5 Å². The van der Waals surface area contributed by atoms with Crippen LogP contribution < -0.4 is 51.4 Å². The molecule has 0 aromatic rings. The maximum absolute atomic E-state index is 10.9. The normalized spacial score (nSPS) is 12.8. The zero-order valence-corrected chi connectivity index (χ0v) is 27.7. The van der Waals surface area contributed by atoms with Crippen LogP contribution in [0.5, 0.6) is 0 Å². The van der Waals surface area contributed by atoms with E-state index in [0.717, 1.165) is 19.3 Å². The van der Waals surface area contributed by atoms with Gasteiger partial charge < -0.3 is 4.55 Å². The molecule has 0 fully saturated rings. The summed E-state index contributed by atoms with van der Waals surface area (Å²) in [6.45, 7) is 4.49. The van der Waals surface area contributed by atoms with Crippen molar-refractivity contribution in [2.45, 2.75) is 162 Å². The fraction of sp³-hybridized carbons (Fsp3) is 0.931. The van der Waals surface area contributed by atoms with Gasteiger partial charge in [0.25, 0.3) is 0 Å². The smallest absolute Gasteiger partial charge is 0.726 e. The van der Waals surface area contributed by atoms with Crippen LogP contribution >= 0.6 is 0 Å². The predicted molar refractivity (Wildman–Crippen MR) is 146 cm³/mol. The van der Waals surface area contributed by atoms with Crippen LogP contribution in [0.1, 0.15) is 162 Å². The Balaban J connectivity index is 0. The molecule has 0 aliphatic carbocycles. The summed E-state index contributed by atoms with van der Waals surface area (Å²) < 4.78 is 37.1. The van der Waals surface area contributed by atoms with E-state index in [1.165, 1.54) is 128 Å². The van der Waals surface area contributed by atoms with Crippen molar-refractivity contribution in [3.63, 3.8) is 0 Å². The topological polar surface area (TPSA) is 66.4 Å². The predicted octanol–water partition coefficient (Wildman–Crippen LogP) is 6.65. The Morgan fingerprint density at radius 3 is 1.40 bits per heavy atom. The molecule has 0 radical (unpaired) electrons. The van der Waals surface area contributed by atoms with Crippen LogP contribution in [0.4, 0.5) is 0 Å². The molecule has 1 unspecified atom stereocenters. The van der Waals surface area contributed by atoms with Crippen molar-refractivity contribution in [3.8, 4) is 0 Å². The van der Waals surface area contributed by atoms with Crippen molar-refractivity contribution in [1.29, 1.82) is 0 Å². The molecule has 0 bridgehead atoms. The third-order valence-electron chi connectivity index (χ3n) is 6.74. The summed E-state index contributed by atoms with van der Waals surface area (Å²) in [4.78, 5) is 0. The van der Waals surface area contributed by atoms with Gasteiger partial charge in [0.1, 0.15) is 0 Å². The van der Waals surface area contributed by atoms with Crippen molar-refractivity contribution in [1.82, 2.24) is 0 Å². The Bertz CT molecular complexity index is 537. The molecule has 0 N–H and O–H groups in total. The molecule has 0 aromatic carbocycles. The number of unbranched alkanes of at least 4 members (excludes halogenated alkanes) is 20. The third kappa shape index (κ3) is 33.2. The van der Waals surface area contributed by atoms with Crippen LogP contribution in [0.15, 0.2) is 12.2 Å². The zero-order valence-electron chi connectivity index (χ0n) is 23.7. The molecule has 0 amide bonds. The SMILES string of the molecule is CCCCCCCCC/C=C/C(CCCCCCCCCCCCCCCC)COS(=O)(=O)[O-].[K+]. The van der Waals surface area contributed by atoms with Crippen molar-refractivity contribution in [2.24, 2.45) is 5.92 Å².